The maximum Gasteiger partial charge on any atom is 0.223 e. The van der Waals surface area contributed by atoms with Crippen molar-refractivity contribution in [1.29, 1.82) is 0 Å². The van der Waals surface area contributed by atoms with Crippen LogP contribution in [-0.4, -0.2) is 43.4 Å². The minimum Gasteiger partial charge on any atom is -0.394 e. The number of rotatable bonds is 5. The van der Waals surface area contributed by atoms with E-state index in [4.69, 9.17) is 15.6 Å². The van der Waals surface area contributed by atoms with Crippen LogP contribution < -0.4 is 11.1 Å². The first-order valence-corrected chi connectivity index (χ1v) is 5.83. The molecule has 0 aromatic carbocycles. The van der Waals surface area contributed by atoms with Crippen molar-refractivity contribution < 1.29 is 14.6 Å². The summed E-state index contributed by atoms with van der Waals surface area (Å²) in [6.45, 7) is 0.235. The Balaban J connectivity index is 2.37. The summed E-state index contributed by atoms with van der Waals surface area (Å²) >= 11 is 0. The maximum atomic E-state index is 11.9. The number of aliphatic hydroxyl groups excluding tert-OH is 1. The van der Waals surface area contributed by atoms with Crippen molar-refractivity contribution in [2.45, 2.75) is 37.8 Å². The van der Waals surface area contributed by atoms with Crippen molar-refractivity contribution in [3.05, 3.63) is 0 Å². The fraction of sp³-hybridized carbons (Fsp3) is 0.909. The molecule has 16 heavy (non-hydrogen) atoms. The second-order valence-corrected chi connectivity index (χ2v) is 4.47. The highest BCUT2D eigenvalue weighted by Crippen LogP contribution is 2.23. The van der Waals surface area contributed by atoms with Crippen molar-refractivity contribution in [3.63, 3.8) is 0 Å². The molecule has 94 valence electrons. The fourth-order valence-corrected chi connectivity index (χ4v) is 2.13. The van der Waals surface area contributed by atoms with Crippen molar-refractivity contribution in [3.8, 4) is 0 Å². The molecular weight excluding hydrogens is 208 g/mol. The van der Waals surface area contributed by atoms with Crippen LogP contribution in [0.5, 0.6) is 0 Å². The van der Waals surface area contributed by atoms with Gasteiger partial charge in [-0.1, -0.05) is 6.42 Å². The number of methoxy groups -OCH3 is 1. The normalized spacial score (nSPS) is 27.4. The van der Waals surface area contributed by atoms with E-state index in [9.17, 15) is 4.79 Å². The summed E-state index contributed by atoms with van der Waals surface area (Å²) in [5.41, 5.74) is 5.83. The van der Waals surface area contributed by atoms with E-state index >= 15 is 0 Å². The lowest BCUT2D eigenvalue weighted by Crippen LogP contribution is -2.45. The first-order chi connectivity index (χ1) is 7.67. The molecule has 0 radical (unpaired) electrons. The highest BCUT2D eigenvalue weighted by atomic mass is 16.5. The van der Waals surface area contributed by atoms with Crippen LogP contribution in [0.2, 0.25) is 0 Å². The van der Waals surface area contributed by atoms with Gasteiger partial charge in [-0.3, -0.25) is 4.79 Å². The largest absolute Gasteiger partial charge is 0.394 e. The lowest BCUT2D eigenvalue weighted by molar-refractivity contribution is -0.127. The molecule has 5 nitrogen and oxygen atoms in total. The topological polar surface area (TPSA) is 84.6 Å². The van der Waals surface area contributed by atoms with Gasteiger partial charge in [-0.05, 0) is 19.3 Å². The van der Waals surface area contributed by atoms with Crippen LogP contribution in [0.15, 0.2) is 0 Å². The van der Waals surface area contributed by atoms with E-state index < -0.39 is 0 Å². The number of hydrogen-bond acceptors (Lipinski definition) is 4. The molecule has 0 aromatic heterocycles. The Labute approximate surface area is 96.3 Å². The summed E-state index contributed by atoms with van der Waals surface area (Å²) in [5.74, 6) is -0.0130. The third-order valence-corrected chi connectivity index (χ3v) is 3.02. The Kier molecular flexibility index (Phi) is 5.73. The smallest absolute Gasteiger partial charge is 0.223 e. The molecule has 1 aliphatic carbocycles. The lowest BCUT2D eigenvalue weighted by atomic mass is 9.85. The van der Waals surface area contributed by atoms with Crippen LogP contribution in [0.25, 0.3) is 0 Å². The molecule has 1 aliphatic rings. The highest BCUT2D eigenvalue weighted by molar-refractivity contribution is 5.79. The monoisotopic (exact) mass is 230 g/mol. The number of ether oxygens (including phenoxy) is 1. The van der Waals surface area contributed by atoms with Crippen molar-refractivity contribution in [1.82, 2.24) is 5.32 Å². The Hall–Kier alpha value is -0.650. The van der Waals surface area contributed by atoms with Gasteiger partial charge in [0.15, 0.2) is 0 Å². The summed E-state index contributed by atoms with van der Waals surface area (Å²) in [4.78, 5) is 11.9. The number of aliphatic hydroxyl groups is 1. The number of nitrogens with one attached hydrogen (secondary N) is 1. The van der Waals surface area contributed by atoms with E-state index in [1.807, 2.05) is 0 Å². The van der Waals surface area contributed by atoms with Gasteiger partial charge < -0.3 is 20.9 Å². The highest BCUT2D eigenvalue weighted by Gasteiger charge is 2.26. The van der Waals surface area contributed by atoms with E-state index in [1.165, 1.54) is 0 Å². The SMILES string of the molecule is COCC(CO)NC(=O)C1CCCC(N)C1. The molecule has 0 bridgehead atoms. The number of carbonyl (C=O) groups is 1. The summed E-state index contributed by atoms with van der Waals surface area (Å²) in [6.07, 6.45) is 3.65. The molecule has 0 aromatic rings. The average Bonchev–Trinajstić information content (AvgIpc) is 2.28. The van der Waals surface area contributed by atoms with Crippen molar-refractivity contribution >= 4 is 5.91 Å². The summed E-state index contributed by atoms with van der Waals surface area (Å²) in [6, 6.07) is -0.171. The summed E-state index contributed by atoms with van der Waals surface area (Å²) in [7, 11) is 1.55. The Morgan fingerprint density at radius 1 is 1.62 bits per heavy atom. The zero-order valence-electron chi connectivity index (χ0n) is 9.82. The van der Waals surface area contributed by atoms with E-state index in [2.05, 4.69) is 5.32 Å². The van der Waals surface area contributed by atoms with Crippen LogP contribution in [0.4, 0.5) is 0 Å². The first-order valence-electron chi connectivity index (χ1n) is 5.83. The Bertz CT molecular complexity index is 223. The standard InChI is InChI=1S/C11H22N2O3/c1-16-7-10(6-14)13-11(15)8-3-2-4-9(12)5-8/h8-10,14H,2-7,12H2,1H3,(H,13,15). The fourth-order valence-electron chi connectivity index (χ4n) is 2.13. The minimum atomic E-state index is -0.310. The van der Waals surface area contributed by atoms with E-state index in [-0.39, 0.29) is 30.5 Å². The van der Waals surface area contributed by atoms with Gasteiger partial charge in [-0.25, -0.2) is 0 Å². The first kappa shape index (κ1) is 13.4. The quantitative estimate of drug-likeness (QED) is 0.601. The summed E-state index contributed by atoms with van der Waals surface area (Å²) < 4.78 is 4.90. The second-order valence-electron chi connectivity index (χ2n) is 4.47. The molecule has 1 rings (SSSR count). The number of amides is 1. The van der Waals surface area contributed by atoms with Crippen LogP contribution >= 0.6 is 0 Å². The second kappa shape index (κ2) is 6.83. The predicted octanol–water partition coefficient (Wildman–Crippen LogP) is -0.373. The Morgan fingerprint density at radius 3 is 2.94 bits per heavy atom. The zero-order valence-corrected chi connectivity index (χ0v) is 9.82. The van der Waals surface area contributed by atoms with Crippen molar-refractivity contribution in [2.24, 2.45) is 11.7 Å². The number of nitrogens with two attached hydrogens (primary N) is 1. The molecule has 0 aliphatic heterocycles. The zero-order chi connectivity index (χ0) is 12.0. The molecule has 4 N–H and O–H groups in total. The molecule has 1 fully saturated rings. The molecule has 3 atom stereocenters. The number of hydrogen-bond donors (Lipinski definition) is 3. The molecular formula is C11H22N2O3. The van der Waals surface area contributed by atoms with Crippen LogP contribution in [-0.2, 0) is 9.53 Å². The third kappa shape index (κ3) is 4.08. The van der Waals surface area contributed by atoms with Crippen LogP contribution in [0.1, 0.15) is 25.7 Å². The minimum absolute atomic E-state index is 0.00495. The predicted molar refractivity (Wildman–Crippen MR) is 60.8 cm³/mol. The van der Waals surface area contributed by atoms with E-state index in [0.29, 0.717) is 6.61 Å². The van der Waals surface area contributed by atoms with Gasteiger partial charge in [-0.2, -0.15) is 0 Å². The van der Waals surface area contributed by atoms with Gasteiger partial charge in [0, 0.05) is 19.1 Å². The average molecular weight is 230 g/mol. The molecule has 0 spiro atoms. The lowest BCUT2D eigenvalue weighted by Gasteiger charge is -2.27. The van der Waals surface area contributed by atoms with Gasteiger partial charge >= 0.3 is 0 Å². The number of carbonyl (C=O) groups excluding carboxylic acids is 1. The van der Waals surface area contributed by atoms with E-state index in [1.54, 1.807) is 7.11 Å². The molecule has 1 saturated carbocycles. The Morgan fingerprint density at radius 2 is 2.38 bits per heavy atom. The molecule has 5 heteroatoms. The molecule has 0 saturated heterocycles. The van der Waals surface area contributed by atoms with Gasteiger partial charge in [0.05, 0.1) is 19.3 Å². The third-order valence-electron chi connectivity index (χ3n) is 3.02. The van der Waals surface area contributed by atoms with E-state index in [0.717, 1.165) is 25.7 Å². The van der Waals surface area contributed by atoms with Gasteiger partial charge in [0.25, 0.3) is 0 Å². The van der Waals surface area contributed by atoms with Crippen LogP contribution in [0.3, 0.4) is 0 Å². The van der Waals surface area contributed by atoms with Gasteiger partial charge in [0.1, 0.15) is 0 Å². The van der Waals surface area contributed by atoms with Gasteiger partial charge in [-0.15, -0.1) is 0 Å². The van der Waals surface area contributed by atoms with Crippen LogP contribution in [0, 0.1) is 5.92 Å². The van der Waals surface area contributed by atoms with Gasteiger partial charge in [0.2, 0.25) is 5.91 Å². The summed E-state index contributed by atoms with van der Waals surface area (Å²) in [5, 5.41) is 11.8. The maximum absolute atomic E-state index is 11.9. The molecule has 3 unspecified atom stereocenters. The molecule has 0 heterocycles. The molecule has 1 amide bonds. The van der Waals surface area contributed by atoms with Crippen molar-refractivity contribution in [2.75, 3.05) is 20.3 Å².